The minimum Gasteiger partial charge on any atom is -0.462 e. The van der Waals surface area contributed by atoms with Gasteiger partial charge in [0.05, 0.1) is 0 Å². The molecule has 0 radical (unpaired) electrons. The Morgan fingerprint density at radius 3 is 0.812 bits per heavy atom. The fourth-order valence-corrected chi connectivity index (χ4v) is 8.76. The number of hydrogen-bond acceptors (Lipinski definition) is 6. The van der Waals surface area contributed by atoms with Crippen LogP contribution in [0.15, 0.2) is 0 Å². The molecule has 0 saturated heterocycles. The maximum Gasteiger partial charge on any atom is 0.306 e. The lowest BCUT2D eigenvalue weighted by Crippen LogP contribution is -2.30. The Bertz CT molecular complexity index is 995. The van der Waals surface area contributed by atoms with Crippen LogP contribution in [0.1, 0.15) is 318 Å². The van der Waals surface area contributed by atoms with Gasteiger partial charge in [-0.1, -0.05) is 279 Å². The van der Waals surface area contributed by atoms with Crippen LogP contribution in [0.3, 0.4) is 0 Å². The van der Waals surface area contributed by atoms with Gasteiger partial charge in [0.15, 0.2) is 6.10 Å². The zero-order valence-electron chi connectivity index (χ0n) is 44.1. The summed E-state index contributed by atoms with van der Waals surface area (Å²) in [5.74, 6) is 1.74. The summed E-state index contributed by atoms with van der Waals surface area (Å²) in [6.45, 7) is 13.8. The molecule has 0 spiro atoms. The van der Waals surface area contributed by atoms with Gasteiger partial charge < -0.3 is 14.2 Å². The molecule has 0 aromatic heterocycles. The van der Waals surface area contributed by atoms with E-state index in [1.807, 2.05) is 0 Å². The van der Waals surface area contributed by atoms with E-state index in [9.17, 15) is 14.4 Å². The van der Waals surface area contributed by atoms with E-state index in [1.165, 1.54) is 199 Å². The molecule has 0 aromatic rings. The minimum absolute atomic E-state index is 0.0638. The van der Waals surface area contributed by atoms with E-state index in [-0.39, 0.29) is 31.1 Å². The molecule has 2 unspecified atom stereocenters. The zero-order valence-corrected chi connectivity index (χ0v) is 44.1. The maximum atomic E-state index is 12.8. The van der Waals surface area contributed by atoms with Gasteiger partial charge in [-0.25, -0.2) is 0 Å². The van der Waals surface area contributed by atoms with E-state index in [4.69, 9.17) is 14.2 Å². The smallest absolute Gasteiger partial charge is 0.306 e. The molecule has 0 N–H and O–H groups in total. The van der Waals surface area contributed by atoms with Gasteiger partial charge in [0.2, 0.25) is 0 Å². The highest BCUT2D eigenvalue weighted by molar-refractivity contribution is 5.71. The lowest BCUT2D eigenvalue weighted by molar-refractivity contribution is -0.167. The van der Waals surface area contributed by atoms with Crippen molar-refractivity contribution < 1.29 is 28.6 Å². The predicted octanol–water partition coefficient (Wildman–Crippen LogP) is 18.7. The fourth-order valence-electron chi connectivity index (χ4n) is 8.76. The molecule has 0 aliphatic carbocycles. The quantitative estimate of drug-likeness (QED) is 0.0344. The van der Waals surface area contributed by atoms with Crippen molar-refractivity contribution in [2.45, 2.75) is 324 Å². The molecule has 6 heteroatoms. The highest BCUT2D eigenvalue weighted by atomic mass is 16.6. The van der Waals surface area contributed by atoms with Gasteiger partial charge in [0.1, 0.15) is 13.2 Å². The topological polar surface area (TPSA) is 78.9 Å². The number of carbonyl (C=O) groups excluding carboxylic acids is 3. The van der Waals surface area contributed by atoms with Gasteiger partial charge in [-0.2, -0.15) is 0 Å². The standard InChI is InChI=1S/C58H112O6/c1-7-53(5)45-39-33-27-21-15-11-9-10-12-16-23-29-35-41-47-56(59)62-50-55(64-58(61)49-43-37-31-25-17-13-14-20-26-32-38-44-52(3)4)51-63-57(60)48-42-36-30-24-19-18-22-28-34-40-46-54(6)8-2/h52-55H,7-51H2,1-6H3/t53?,54?,55-/m1/s1. The van der Waals surface area contributed by atoms with Crippen molar-refractivity contribution in [3.8, 4) is 0 Å². The Morgan fingerprint density at radius 1 is 0.312 bits per heavy atom. The third-order valence-corrected chi connectivity index (χ3v) is 13.9. The number of esters is 3. The van der Waals surface area contributed by atoms with Crippen molar-refractivity contribution in [2.24, 2.45) is 17.8 Å². The van der Waals surface area contributed by atoms with Crippen LogP contribution in [0.2, 0.25) is 0 Å². The molecule has 0 aliphatic rings. The van der Waals surface area contributed by atoms with Crippen molar-refractivity contribution in [3.05, 3.63) is 0 Å². The van der Waals surface area contributed by atoms with Crippen molar-refractivity contribution in [1.29, 1.82) is 0 Å². The summed E-state index contributed by atoms with van der Waals surface area (Å²) >= 11 is 0. The van der Waals surface area contributed by atoms with Gasteiger partial charge in [0, 0.05) is 19.3 Å². The lowest BCUT2D eigenvalue weighted by atomic mass is 9.99. The summed E-state index contributed by atoms with van der Waals surface area (Å²) < 4.78 is 16.9. The second kappa shape index (κ2) is 49.3. The van der Waals surface area contributed by atoms with Crippen LogP contribution < -0.4 is 0 Å². The van der Waals surface area contributed by atoms with E-state index < -0.39 is 6.10 Å². The zero-order chi connectivity index (χ0) is 47.0. The average Bonchev–Trinajstić information content (AvgIpc) is 3.28. The first kappa shape index (κ1) is 62.4. The Labute approximate surface area is 399 Å². The maximum absolute atomic E-state index is 12.8. The van der Waals surface area contributed by atoms with Crippen LogP contribution in [0, 0.1) is 17.8 Å². The fraction of sp³-hybridized carbons (Fsp3) is 0.948. The van der Waals surface area contributed by atoms with Crippen LogP contribution in [-0.2, 0) is 28.6 Å². The van der Waals surface area contributed by atoms with E-state index in [1.54, 1.807) is 0 Å². The molecule has 64 heavy (non-hydrogen) atoms. The Morgan fingerprint density at radius 2 is 0.547 bits per heavy atom. The second-order valence-corrected chi connectivity index (χ2v) is 20.9. The molecular formula is C58H112O6. The molecule has 380 valence electrons. The molecule has 0 amide bonds. The molecule has 0 bridgehead atoms. The number of unbranched alkanes of at least 4 members (excludes halogenated alkanes) is 32. The first-order chi connectivity index (χ1) is 31.2. The second-order valence-electron chi connectivity index (χ2n) is 20.9. The number of carbonyl (C=O) groups is 3. The largest absolute Gasteiger partial charge is 0.462 e. The van der Waals surface area contributed by atoms with Crippen LogP contribution in [0.4, 0.5) is 0 Å². The highest BCUT2D eigenvalue weighted by Crippen LogP contribution is 2.19. The molecule has 0 aliphatic heterocycles. The van der Waals surface area contributed by atoms with Crippen molar-refractivity contribution >= 4 is 17.9 Å². The Balaban J connectivity index is 4.31. The summed E-state index contributed by atoms with van der Waals surface area (Å²) in [4.78, 5) is 38.1. The van der Waals surface area contributed by atoms with E-state index in [2.05, 4.69) is 41.5 Å². The Hall–Kier alpha value is -1.59. The van der Waals surface area contributed by atoms with E-state index in [0.717, 1.165) is 75.5 Å². The third-order valence-electron chi connectivity index (χ3n) is 13.9. The molecule has 0 aromatic carbocycles. The van der Waals surface area contributed by atoms with E-state index >= 15 is 0 Å². The van der Waals surface area contributed by atoms with Crippen molar-refractivity contribution in [1.82, 2.24) is 0 Å². The normalized spacial score (nSPS) is 13.0. The minimum atomic E-state index is -0.764. The van der Waals surface area contributed by atoms with Crippen LogP contribution in [-0.4, -0.2) is 37.2 Å². The molecule has 0 heterocycles. The van der Waals surface area contributed by atoms with Crippen molar-refractivity contribution in [2.75, 3.05) is 13.2 Å². The van der Waals surface area contributed by atoms with Gasteiger partial charge in [0.25, 0.3) is 0 Å². The predicted molar refractivity (Wildman–Crippen MR) is 275 cm³/mol. The first-order valence-corrected chi connectivity index (χ1v) is 28.7. The lowest BCUT2D eigenvalue weighted by Gasteiger charge is -2.18. The molecular weight excluding hydrogens is 793 g/mol. The molecule has 6 nitrogen and oxygen atoms in total. The van der Waals surface area contributed by atoms with Gasteiger partial charge in [-0.05, 0) is 37.0 Å². The summed E-state index contributed by atoms with van der Waals surface area (Å²) in [6, 6.07) is 0. The molecule has 0 fully saturated rings. The monoisotopic (exact) mass is 905 g/mol. The van der Waals surface area contributed by atoms with E-state index in [0.29, 0.717) is 19.3 Å². The first-order valence-electron chi connectivity index (χ1n) is 28.7. The van der Waals surface area contributed by atoms with Crippen molar-refractivity contribution in [3.63, 3.8) is 0 Å². The summed E-state index contributed by atoms with van der Waals surface area (Å²) in [5, 5.41) is 0. The summed E-state index contributed by atoms with van der Waals surface area (Å²) in [7, 11) is 0. The highest BCUT2D eigenvalue weighted by Gasteiger charge is 2.19. The summed E-state index contributed by atoms with van der Waals surface area (Å²) in [5.41, 5.74) is 0. The number of hydrogen-bond donors (Lipinski definition) is 0. The third kappa shape index (κ3) is 48.3. The van der Waals surface area contributed by atoms with Gasteiger partial charge in [-0.15, -0.1) is 0 Å². The number of ether oxygens (including phenoxy) is 3. The van der Waals surface area contributed by atoms with Gasteiger partial charge >= 0.3 is 17.9 Å². The van der Waals surface area contributed by atoms with Crippen LogP contribution >= 0.6 is 0 Å². The Kier molecular flexibility index (Phi) is 48.1. The molecule has 3 atom stereocenters. The number of rotatable bonds is 51. The molecule has 0 saturated carbocycles. The van der Waals surface area contributed by atoms with Gasteiger partial charge in [-0.3, -0.25) is 14.4 Å². The summed E-state index contributed by atoms with van der Waals surface area (Å²) in [6.07, 6.45) is 50.8. The molecule has 0 rings (SSSR count). The average molecular weight is 906 g/mol. The van der Waals surface area contributed by atoms with Crippen LogP contribution in [0.5, 0.6) is 0 Å². The van der Waals surface area contributed by atoms with Crippen LogP contribution in [0.25, 0.3) is 0 Å². The SMILES string of the molecule is CCC(C)CCCCCCCCCCCCCCCCC(=O)OC[C@H](COC(=O)CCCCCCCCCCCCC(C)CC)OC(=O)CCCCCCCCCCCCCC(C)C.